The van der Waals surface area contributed by atoms with Gasteiger partial charge < -0.3 is 16.8 Å². The number of nitrogens with two attached hydrogens (primary N) is 2. The number of carbonyl (C=O) groups is 1. The lowest BCUT2D eigenvalue weighted by Gasteiger charge is -2.22. The van der Waals surface area contributed by atoms with Crippen LogP contribution in [0.4, 0.5) is 10.1 Å². The van der Waals surface area contributed by atoms with Gasteiger partial charge >= 0.3 is 0 Å². The molecule has 5 N–H and O–H groups in total. The molecule has 26 heavy (non-hydrogen) atoms. The number of aliphatic imine (C=N–C) groups is 1. The Balaban J connectivity index is 1.82. The van der Waals surface area contributed by atoms with Crippen molar-refractivity contribution in [3.63, 3.8) is 0 Å². The van der Waals surface area contributed by atoms with E-state index in [0.717, 1.165) is 18.2 Å². The summed E-state index contributed by atoms with van der Waals surface area (Å²) in [6, 6.07) is 6.35. The van der Waals surface area contributed by atoms with Crippen molar-refractivity contribution >= 4 is 28.3 Å². The molecule has 6 nitrogen and oxygen atoms in total. The molecule has 136 valence electrons. The third-order valence-electron chi connectivity index (χ3n) is 4.49. The van der Waals surface area contributed by atoms with E-state index < -0.39 is 5.91 Å². The first-order valence-electron chi connectivity index (χ1n) is 8.69. The Bertz CT molecular complexity index is 871. The van der Waals surface area contributed by atoms with Gasteiger partial charge in [-0.05, 0) is 31.0 Å². The zero-order valence-corrected chi connectivity index (χ0v) is 14.4. The number of fused-ring (bicyclic) bond motifs is 1. The van der Waals surface area contributed by atoms with E-state index >= 15 is 0 Å². The Morgan fingerprint density at radius 2 is 2.00 bits per heavy atom. The van der Waals surface area contributed by atoms with Crippen molar-refractivity contribution in [1.29, 1.82) is 0 Å². The van der Waals surface area contributed by atoms with E-state index in [0.29, 0.717) is 17.2 Å². The van der Waals surface area contributed by atoms with Crippen LogP contribution in [0.3, 0.4) is 0 Å². The molecule has 0 spiro atoms. The van der Waals surface area contributed by atoms with Gasteiger partial charge in [-0.2, -0.15) is 0 Å². The van der Waals surface area contributed by atoms with Gasteiger partial charge in [-0.15, -0.1) is 0 Å². The number of amides is 1. The Morgan fingerprint density at radius 1 is 1.23 bits per heavy atom. The molecule has 1 fully saturated rings. The van der Waals surface area contributed by atoms with Crippen LogP contribution in [0.2, 0.25) is 0 Å². The number of hydrogen-bond donors (Lipinski definition) is 3. The lowest BCUT2D eigenvalue weighted by atomic mass is 9.95. The molecule has 1 aromatic heterocycles. The minimum Gasteiger partial charge on any atom is -0.387 e. The lowest BCUT2D eigenvalue weighted by Crippen LogP contribution is -2.32. The van der Waals surface area contributed by atoms with Gasteiger partial charge in [-0.25, -0.2) is 9.38 Å². The molecule has 0 unspecified atom stereocenters. The van der Waals surface area contributed by atoms with E-state index in [1.165, 1.54) is 37.6 Å². The number of rotatable bonds is 5. The van der Waals surface area contributed by atoms with E-state index in [1.54, 1.807) is 18.3 Å². The Kier molecular flexibility index (Phi) is 5.46. The smallest absolute Gasteiger partial charge is 0.253 e. The van der Waals surface area contributed by atoms with Gasteiger partial charge in [0.25, 0.3) is 5.91 Å². The molecule has 0 aliphatic heterocycles. The predicted octanol–water partition coefficient (Wildman–Crippen LogP) is 2.65. The van der Waals surface area contributed by atoms with E-state index in [4.69, 9.17) is 11.5 Å². The second kappa shape index (κ2) is 7.95. The van der Waals surface area contributed by atoms with Crippen molar-refractivity contribution in [2.75, 3.05) is 0 Å². The standard InChI is InChI=1S/C19H22FN5O/c20-13-7-6-12-8-15(10-24-17(12)9-13)25-18(21)16(19(22)26)11-23-14-4-2-1-3-5-14/h6-11,14,23H,1-5H2,(H2,21,25)(H2,22,26)/b16-11+. The highest BCUT2D eigenvalue weighted by atomic mass is 19.1. The zero-order chi connectivity index (χ0) is 18.5. The van der Waals surface area contributed by atoms with Crippen molar-refractivity contribution in [2.24, 2.45) is 16.5 Å². The van der Waals surface area contributed by atoms with Crippen LogP contribution in [0.25, 0.3) is 10.9 Å². The van der Waals surface area contributed by atoms with E-state index in [-0.39, 0.29) is 17.2 Å². The van der Waals surface area contributed by atoms with Gasteiger partial charge in [0.1, 0.15) is 11.7 Å². The fourth-order valence-electron chi connectivity index (χ4n) is 3.09. The van der Waals surface area contributed by atoms with Crippen LogP contribution in [0, 0.1) is 5.82 Å². The normalized spacial score (nSPS) is 16.7. The Labute approximate surface area is 151 Å². The fraction of sp³-hybridized carbons (Fsp3) is 0.316. The van der Waals surface area contributed by atoms with Crippen LogP contribution in [0.1, 0.15) is 32.1 Å². The number of amidine groups is 1. The maximum atomic E-state index is 13.2. The molecule has 0 bridgehead atoms. The molecule has 0 saturated heterocycles. The second-order valence-corrected chi connectivity index (χ2v) is 6.45. The van der Waals surface area contributed by atoms with Gasteiger partial charge in [0, 0.05) is 23.7 Å². The molecular weight excluding hydrogens is 333 g/mol. The average Bonchev–Trinajstić information content (AvgIpc) is 2.62. The number of nitrogens with one attached hydrogen (secondary N) is 1. The third-order valence-corrected chi connectivity index (χ3v) is 4.49. The van der Waals surface area contributed by atoms with Gasteiger partial charge in [0.15, 0.2) is 0 Å². The fourth-order valence-corrected chi connectivity index (χ4v) is 3.09. The van der Waals surface area contributed by atoms with Gasteiger partial charge in [0.2, 0.25) is 0 Å². The number of primary amides is 1. The molecule has 0 radical (unpaired) electrons. The quantitative estimate of drug-likeness (QED) is 0.435. The van der Waals surface area contributed by atoms with Crippen molar-refractivity contribution in [1.82, 2.24) is 10.3 Å². The van der Waals surface area contributed by atoms with Gasteiger partial charge in [-0.3, -0.25) is 9.78 Å². The monoisotopic (exact) mass is 355 g/mol. The number of pyridine rings is 1. The minimum atomic E-state index is -0.648. The highest BCUT2D eigenvalue weighted by Crippen LogP contribution is 2.20. The van der Waals surface area contributed by atoms with Crippen molar-refractivity contribution in [2.45, 2.75) is 38.1 Å². The molecule has 2 aromatic rings. The minimum absolute atomic E-state index is 0.0177. The van der Waals surface area contributed by atoms with Crippen LogP contribution < -0.4 is 16.8 Å². The molecule has 1 heterocycles. The molecule has 0 atom stereocenters. The first-order valence-corrected chi connectivity index (χ1v) is 8.69. The number of aromatic nitrogens is 1. The third kappa shape index (κ3) is 4.36. The molecule has 1 amide bonds. The van der Waals surface area contributed by atoms with Crippen molar-refractivity contribution in [3.05, 3.63) is 48.1 Å². The summed E-state index contributed by atoms with van der Waals surface area (Å²) in [7, 11) is 0. The van der Waals surface area contributed by atoms with E-state index in [1.807, 2.05) is 0 Å². The highest BCUT2D eigenvalue weighted by molar-refractivity contribution is 6.20. The van der Waals surface area contributed by atoms with Crippen LogP contribution in [0.15, 0.2) is 47.2 Å². The second-order valence-electron chi connectivity index (χ2n) is 6.45. The zero-order valence-electron chi connectivity index (χ0n) is 14.4. The molecule has 7 heteroatoms. The van der Waals surface area contributed by atoms with Crippen molar-refractivity contribution < 1.29 is 9.18 Å². The van der Waals surface area contributed by atoms with Gasteiger partial charge in [-0.1, -0.05) is 19.3 Å². The molecule has 1 saturated carbocycles. The summed E-state index contributed by atoms with van der Waals surface area (Å²) in [5.74, 6) is -0.983. The molecule has 1 aromatic carbocycles. The van der Waals surface area contributed by atoms with Crippen LogP contribution in [-0.2, 0) is 4.79 Å². The van der Waals surface area contributed by atoms with Crippen LogP contribution in [-0.4, -0.2) is 22.8 Å². The largest absolute Gasteiger partial charge is 0.387 e. The Hall–Kier alpha value is -2.96. The molecule has 1 aliphatic rings. The van der Waals surface area contributed by atoms with E-state index in [2.05, 4.69) is 15.3 Å². The molecule has 3 rings (SSSR count). The summed E-state index contributed by atoms with van der Waals surface area (Å²) >= 11 is 0. The number of carbonyl (C=O) groups excluding carboxylic acids is 1. The topological polar surface area (TPSA) is 106 Å². The summed E-state index contributed by atoms with van der Waals surface area (Å²) in [5, 5.41) is 3.95. The summed E-state index contributed by atoms with van der Waals surface area (Å²) in [5.41, 5.74) is 12.6. The highest BCUT2D eigenvalue weighted by Gasteiger charge is 2.15. The average molecular weight is 355 g/mol. The number of benzene rings is 1. The SMILES string of the molecule is NC(=O)/C(=C/NC1CCCCC1)C(N)=Nc1cnc2cc(F)ccc2c1. The van der Waals surface area contributed by atoms with Crippen molar-refractivity contribution in [3.8, 4) is 0 Å². The summed E-state index contributed by atoms with van der Waals surface area (Å²) in [4.78, 5) is 20.2. The number of nitrogens with zero attached hydrogens (tertiary/aromatic N) is 2. The first-order chi connectivity index (χ1) is 12.5. The number of halogens is 1. The summed E-state index contributed by atoms with van der Waals surface area (Å²) in [6.07, 6.45) is 8.74. The predicted molar refractivity (Wildman–Crippen MR) is 100 cm³/mol. The summed E-state index contributed by atoms with van der Waals surface area (Å²) in [6.45, 7) is 0. The summed E-state index contributed by atoms with van der Waals surface area (Å²) < 4.78 is 13.2. The van der Waals surface area contributed by atoms with Gasteiger partial charge in [0.05, 0.1) is 23.0 Å². The Morgan fingerprint density at radius 3 is 2.73 bits per heavy atom. The molecular formula is C19H22FN5O. The number of hydrogen-bond acceptors (Lipinski definition) is 4. The van der Waals surface area contributed by atoms with E-state index in [9.17, 15) is 9.18 Å². The van der Waals surface area contributed by atoms with Crippen LogP contribution in [0.5, 0.6) is 0 Å². The lowest BCUT2D eigenvalue weighted by molar-refractivity contribution is -0.114. The first kappa shape index (κ1) is 17.8. The maximum absolute atomic E-state index is 13.2. The maximum Gasteiger partial charge on any atom is 0.253 e. The molecule has 1 aliphatic carbocycles. The van der Waals surface area contributed by atoms with Crippen LogP contribution >= 0.6 is 0 Å².